The third-order valence-corrected chi connectivity index (χ3v) is 3.08. The fourth-order valence-electron chi connectivity index (χ4n) is 1.53. The molecule has 0 aromatic heterocycles. The summed E-state index contributed by atoms with van der Waals surface area (Å²) in [5, 5.41) is 21.0. The van der Waals surface area contributed by atoms with Crippen LogP contribution in [0.2, 0.25) is 0 Å². The highest BCUT2D eigenvalue weighted by Crippen LogP contribution is 2.07. The lowest BCUT2D eigenvalue weighted by Gasteiger charge is -2.21. The second-order valence-electron chi connectivity index (χ2n) is 8.68. The van der Waals surface area contributed by atoms with Crippen LogP contribution in [0.4, 0.5) is 9.59 Å². The summed E-state index contributed by atoms with van der Waals surface area (Å²) >= 11 is 0. The van der Waals surface area contributed by atoms with E-state index in [0.29, 0.717) is 0 Å². The van der Waals surface area contributed by atoms with Gasteiger partial charge in [0.05, 0.1) is 7.11 Å². The summed E-state index contributed by atoms with van der Waals surface area (Å²) in [5.74, 6) is -2.81. The van der Waals surface area contributed by atoms with Crippen molar-refractivity contribution in [1.82, 2.24) is 10.6 Å². The number of nitrogens with two attached hydrogens (primary N) is 1. The monoisotopic (exact) mass is 517 g/mol. The van der Waals surface area contributed by atoms with E-state index in [-0.39, 0.29) is 0 Å². The molecular weight excluding hydrogens is 478 g/mol. The van der Waals surface area contributed by atoms with Gasteiger partial charge in [0.2, 0.25) is 0 Å². The molecule has 0 radical (unpaired) electrons. The van der Waals surface area contributed by atoms with Crippen LogP contribution in [0.15, 0.2) is 38.0 Å². The fraction of sp³-hybridized carbons (Fsp3) is 0.522. The molecule has 0 aliphatic heterocycles. The fourth-order valence-corrected chi connectivity index (χ4v) is 1.53. The molecule has 3 unspecified atom stereocenters. The Balaban J connectivity index is -0.000000483. The standard InChI is InChI=1S/C10H17NO4.C9H15NO4.C4H7NO2/c1-6-7(8(12)14-5)11-9(13)15-10(2,3)4;1-5-6(7(11)12)10-8(13)14-9(2,3)4;1-2-3(5)4(6)7/h6-7H,1H2,2-5H3,(H,11,13);5-6H,1H2,2-4H3,(H,10,13)(H,11,12);2-3H,1,5H2,(H,6,7). The molecule has 2 amide bonds. The molecular formula is C23H39N3O10. The van der Waals surface area contributed by atoms with E-state index in [4.69, 9.17) is 25.4 Å². The Hall–Kier alpha value is -3.87. The van der Waals surface area contributed by atoms with Crippen LogP contribution in [0.3, 0.4) is 0 Å². The van der Waals surface area contributed by atoms with Gasteiger partial charge in [0, 0.05) is 0 Å². The summed E-state index contributed by atoms with van der Waals surface area (Å²) in [6.45, 7) is 20.1. The largest absolute Gasteiger partial charge is 0.480 e. The van der Waals surface area contributed by atoms with Gasteiger partial charge in [-0.2, -0.15) is 0 Å². The maximum Gasteiger partial charge on any atom is 0.408 e. The number of aliphatic carboxylic acids is 2. The Morgan fingerprint density at radius 2 is 1.11 bits per heavy atom. The molecule has 0 rings (SSSR count). The number of ether oxygens (including phenoxy) is 3. The normalized spacial score (nSPS) is 12.7. The molecule has 0 saturated heterocycles. The minimum atomic E-state index is -1.18. The highest BCUT2D eigenvalue weighted by atomic mass is 16.6. The van der Waals surface area contributed by atoms with Gasteiger partial charge in [0.1, 0.15) is 29.3 Å². The van der Waals surface area contributed by atoms with E-state index in [1.165, 1.54) is 19.3 Å². The molecule has 0 saturated carbocycles. The molecule has 0 aliphatic rings. The van der Waals surface area contributed by atoms with Crippen molar-refractivity contribution >= 4 is 30.1 Å². The molecule has 0 aromatic rings. The molecule has 0 aliphatic carbocycles. The van der Waals surface area contributed by atoms with Gasteiger partial charge in [-0.3, -0.25) is 4.79 Å². The Morgan fingerprint density at radius 3 is 1.31 bits per heavy atom. The third-order valence-electron chi connectivity index (χ3n) is 3.08. The molecule has 36 heavy (non-hydrogen) atoms. The predicted octanol–water partition coefficient (Wildman–Crippen LogP) is 1.97. The number of hydrogen-bond acceptors (Lipinski definition) is 9. The quantitative estimate of drug-likeness (QED) is 0.179. The summed E-state index contributed by atoms with van der Waals surface area (Å²) in [7, 11) is 1.23. The van der Waals surface area contributed by atoms with E-state index < -0.39 is 59.4 Å². The van der Waals surface area contributed by atoms with Gasteiger partial charge in [0.25, 0.3) is 0 Å². The summed E-state index contributed by atoms with van der Waals surface area (Å²) in [5.41, 5.74) is 3.65. The van der Waals surface area contributed by atoms with E-state index >= 15 is 0 Å². The molecule has 0 bridgehead atoms. The average Bonchev–Trinajstić information content (AvgIpc) is 2.72. The Bertz CT molecular complexity index is 782. The van der Waals surface area contributed by atoms with Crippen LogP contribution in [0.1, 0.15) is 41.5 Å². The van der Waals surface area contributed by atoms with Crippen LogP contribution in [0.5, 0.6) is 0 Å². The first-order valence-corrected chi connectivity index (χ1v) is 10.4. The zero-order valence-corrected chi connectivity index (χ0v) is 21.8. The minimum Gasteiger partial charge on any atom is -0.480 e. The molecule has 3 atom stereocenters. The van der Waals surface area contributed by atoms with Gasteiger partial charge >= 0.3 is 30.1 Å². The maximum atomic E-state index is 11.3. The van der Waals surface area contributed by atoms with Gasteiger partial charge < -0.3 is 40.8 Å². The summed E-state index contributed by atoms with van der Waals surface area (Å²) in [6, 6.07) is -2.92. The molecule has 0 fully saturated rings. The van der Waals surface area contributed by atoms with Crippen molar-refractivity contribution in [3.8, 4) is 0 Å². The zero-order chi connectivity index (χ0) is 29.3. The number of carboxylic acid groups (broad SMARTS) is 2. The number of carbonyl (C=O) groups is 5. The number of esters is 1. The van der Waals surface area contributed by atoms with Crippen molar-refractivity contribution in [1.29, 1.82) is 0 Å². The Morgan fingerprint density at radius 1 is 0.750 bits per heavy atom. The number of methoxy groups -OCH3 is 1. The number of alkyl carbamates (subject to hydrolysis) is 2. The second kappa shape index (κ2) is 17.5. The zero-order valence-electron chi connectivity index (χ0n) is 21.8. The molecule has 6 N–H and O–H groups in total. The summed E-state index contributed by atoms with van der Waals surface area (Å²) in [6.07, 6.45) is 2.10. The summed E-state index contributed by atoms with van der Waals surface area (Å²) < 4.78 is 14.3. The number of amides is 2. The van der Waals surface area contributed by atoms with Crippen LogP contribution < -0.4 is 16.4 Å². The van der Waals surface area contributed by atoms with Crippen LogP contribution in [0.25, 0.3) is 0 Å². The first-order valence-electron chi connectivity index (χ1n) is 10.4. The van der Waals surface area contributed by atoms with E-state index in [9.17, 15) is 24.0 Å². The lowest BCUT2D eigenvalue weighted by Crippen LogP contribution is -2.42. The van der Waals surface area contributed by atoms with Gasteiger partial charge in [-0.15, -0.1) is 19.7 Å². The van der Waals surface area contributed by atoms with Crippen molar-refractivity contribution in [3.63, 3.8) is 0 Å². The molecule has 13 nitrogen and oxygen atoms in total. The lowest BCUT2D eigenvalue weighted by atomic mass is 10.2. The number of carboxylic acids is 2. The van der Waals surface area contributed by atoms with Crippen molar-refractivity contribution < 1.29 is 48.4 Å². The molecule has 13 heteroatoms. The minimum absolute atomic E-state index is 0.587. The van der Waals surface area contributed by atoms with Crippen LogP contribution in [0, 0.1) is 0 Å². The van der Waals surface area contributed by atoms with Crippen LogP contribution in [-0.4, -0.2) is 76.7 Å². The first kappa shape index (κ1) is 36.7. The Kier molecular flexibility index (Phi) is 17.9. The SMILES string of the molecule is C=CC(N)C(=O)O.C=CC(NC(=O)OC(C)(C)C)C(=O)O.C=CC(NC(=O)OC(C)(C)C)C(=O)OC. The molecule has 0 heterocycles. The number of rotatable bonds is 8. The summed E-state index contributed by atoms with van der Waals surface area (Å²) in [4.78, 5) is 53.7. The van der Waals surface area contributed by atoms with E-state index in [2.05, 4.69) is 35.1 Å². The highest BCUT2D eigenvalue weighted by molar-refractivity contribution is 5.83. The highest BCUT2D eigenvalue weighted by Gasteiger charge is 2.22. The second-order valence-corrected chi connectivity index (χ2v) is 8.68. The van der Waals surface area contributed by atoms with E-state index in [0.717, 1.165) is 6.08 Å². The van der Waals surface area contributed by atoms with E-state index in [1.807, 2.05) is 0 Å². The van der Waals surface area contributed by atoms with Gasteiger partial charge in [-0.05, 0) is 41.5 Å². The predicted molar refractivity (Wildman–Crippen MR) is 132 cm³/mol. The number of nitrogens with one attached hydrogen (secondary N) is 2. The van der Waals surface area contributed by atoms with Crippen LogP contribution >= 0.6 is 0 Å². The maximum absolute atomic E-state index is 11.3. The van der Waals surface area contributed by atoms with Crippen molar-refractivity contribution in [3.05, 3.63) is 38.0 Å². The molecule has 206 valence electrons. The molecule has 0 spiro atoms. The number of hydrogen-bond donors (Lipinski definition) is 5. The number of carbonyl (C=O) groups excluding carboxylic acids is 3. The van der Waals surface area contributed by atoms with Crippen molar-refractivity contribution in [2.24, 2.45) is 5.73 Å². The Labute approximate surface area is 211 Å². The van der Waals surface area contributed by atoms with Gasteiger partial charge in [-0.25, -0.2) is 19.2 Å². The molecule has 0 aromatic carbocycles. The third kappa shape index (κ3) is 21.9. The van der Waals surface area contributed by atoms with Crippen LogP contribution in [-0.2, 0) is 28.6 Å². The van der Waals surface area contributed by atoms with Crippen molar-refractivity contribution in [2.45, 2.75) is 70.9 Å². The van der Waals surface area contributed by atoms with Gasteiger partial charge in [-0.1, -0.05) is 18.2 Å². The topological polar surface area (TPSA) is 204 Å². The van der Waals surface area contributed by atoms with Crippen molar-refractivity contribution in [2.75, 3.05) is 7.11 Å². The average molecular weight is 518 g/mol. The first-order chi connectivity index (χ1) is 16.2. The van der Waals surface area contributed by atoms with E-state index in [1.54, 1.807) is 41.5 Å². The van der Waals surface area contributed by atoms with Gasteiger partial charge in [0.15, 0.2) is 0 Å². The smallest absolute Gasteiger partial charge is 0.408 e. The lowest BCUT2D eigenvalue weighted by molar-refractivity contribution is -0.142.